The molecule has 1 amide bonds. The molecule has 6 heteroatoms. The fourth-order valence-corrected chi connectivity index (χ4v) is 3.61. The third-order valence-corrected chi connectivity index (χ3v) is 5.38. The van der Waals surface area contributed by atoms with Crippen LogP contribution in [0.5, 0.6) is 0 Å². The summed E-state index contributed by atoms with van der Waals surface area (Å²) in [7, 11) is 0. The number of nitrogens with two attached hydrogens (primary N) is 1. The minimum Gasteiger partial charge on any atom is -0.397 e. The Balaban J connectivity index is 1.36. The lowest BCUT2D eigenvalue weighted by Gasteiger charge is -2.34. The first kappa shape index (κ1) is 19.1. The van der Waals surface area contributed by atoms with E-state index in [4.69, 9.17) is 5.73 Å². The van der Waals surface area contributed by atoms with Gasteiger partial charge in [-0.25, -0.2) is 0 Å². The Hall–Kier alpha value is -3.25. The van der Waals surface area contributed by atoms with Gasteiger partial charge in [-0.1, -0.05) is 18.2 Å². The number of carbonyl (C=O) groups excluding carboxylic acids is 1. The molecule has 2 N–H and O–H groups in total. The molecule has 4 rings (SSSR count). The molecule has 1 aliphatic heterocycles. The summed E-state index contributed by atoms with van der Waals surface area (Å²) < 4.78 is 0. The third-order valence-electron chi connectivity index (χ3n) is 5.38. The molecule has 29 heavy (non-hydrogen) atoms. The fourth-order valence-electron chi connectivity index (χ4n) is 3.61. The van der Waals surface area contributed by atoms with Gasteiger partial charge >= 0.3 is 0 Å². The maximum absolute atomic E-state index is 12.9. The fraction of sp³-hybridized carbons (Fsp3) is 0.261. The van der Waals surface area contributed by atoms with Crippen LogP contribution in [0.3, 0.4) is 0 Å². The average Bonchev–Trinajstić information content (AvgIpc) is 2.75. The largest absolute Gasteiger partial charge is 0.397 e. The lowest BCUT2D eigenvalue weighted by Crippen LogP contribution is -2.48. The second-order valence-corrected chi connectivity index (χ2v) is 7.42. The van der Waals surface area contributed by atoms with Crippen LogP contribution in [0.2, 0.25) is 0 Å². The summed E-state index contributed by atoms with van der Waals surface area (Å²) in [6.07, 6.45) is 5.23. The monoisotopic (exact) mass is 387 g/mol. The molecule has 0 aliphatic carbocycles. The van der Waals surface area contributed by atoms with Crippen molar-refractivity contribution in [3.63, 3.8) is 0 Å². The Labute approximate surface area is 171 Å². The van der Waals surface area contributed by atoms with Gasteiger partial charge in [0, 0.05) is 62.4 Å². The van der Waals surface area contributed by atoms with Gasteiger partial charge in [0.2, 0.25) is 0 Å². The minimum absolute atomic E-state index is 0.0796. The quantitative estimate of drug-likeness (QED) is 0.745. The highest BCUT2D eigenvalue weighted by Gasteiger charge is 2.22. The number of aryl methyl sites for hydroxylation is 1. The Kier molecular flexibility index (Phi) is 5.53. The number of amides is 1. The summed E-state index contributed by atoms with van der Waals surface area (Å²) in [6, 6.07) is 13.6. The summed E-state index contributed by atoms with van der Waals surface area (Å²) in [6.45, 7) is 6.09. The number of aromatic nitrogens is 2. The highest BCUT2D eigenvalue weighted by molar-refractivity contribution is 5.94. The van der Waals surface area contributed by atoms with Crippen molar-refractivity contribution in [1.82, 2.24) is 19.8 Å². The summed E-state index contributed by atoms with van der Waals surface area (Å²) in [5.74, 6) is 0.0796. The van der Waals surface area contributed by atoms with Crippen molar-refractivity contribution in [3.05, 3.63) is 77.9 Å². The number of pyridine rings is 2. The van der Waals surface area contributed by atoms with Crippen LogP contribution in [0.15, 0.2) is 61.1 Å². The van der Waals surface area contributed by atoms with Crippen LogP contribution in [0.1, 0.15) is 21.6 Å². The molecule has 1 aromatic carbocycles. The normalized spacial score (nSPS) is 14.7. The van der Waals surface area contributed by atoms with Crippen LogP contribution in [0.25, 0.3) is 11.1 Å². The van der Waals surface area contributed by atoms with Crippen molar-refractivity contribution in [3.8, 4) is 11.1 Å². The topological polar surface area (TPSA) is 75.4 Å². The van der Waals surface area contributed by atoms with Crippen molar-refractivity contribution in [2.75, 3.05) is 31.9 Å². The highest BCUT2D eigenvalue weighted by Crippen LogP contribution is 2.21. The maximum atomic E-state index is 12.9. The van der Waals surface area contributed by atoms with Gasteiger partial charge in [0.05, 0.1) is 11.4 Å². The van der Waals surface area contributed by atoms with Gasteiger partial charge in [0.25, 0.3) is 5.91 Å². The summed E-state index contributed by atoms with van der Waals surface area (Å²) >= 11 is 0. The summed E-state index contributed by atoms with van der Waals surface area (Å²) in [5.41, 5.74) is 11.4. The Morgan fingerprint density at radius 2 is 1.79 bits per heavy atom. The van der Waals surface area contributed by atoms with Crippen LogP contribution in [-0.2, 0) is 6.54 Å². The zero-order valence-electron chi connectivity index (χ0n) is 16.6. The molecule has 148 valence electrons. The smallest absolute Gasteiger partial charge is 0.253 e. The van der Waals surface area contributed by atoms with Crippen LogP contribution in [-0.4, -0.2) is 51.9 Å². The molecular formula is C23H25N5O. The van der Waals surface area contributed by atoms with E-state index >= 15 is 0 Å². The van der Waals surface area contributed by atoms with Gasteiger partial charge in [-0.2, -0.15) is 0 Å². The first-order valence-corrected chi connectivity index (χ1v) is 9.83. The van der Waals surface area contributed by atoms with Gasteiger partial charge in [-0.05, 0) is 42.3 Å². The maximum Gasteiger partial charge on any atom is 0.253 e. The number of anilines is 1. The number of rotatable bonds is 4. The van der Waals surface area contributed by atoms with Crippen LogP contribution >= 0.6 is 0 Å². The molecule has 3 heterocycles. The molecular weight excluding hydrogens is 362 g/mol. The van der Waals surface area contributed by atoms with E-state index in [9.17, 15) is 4.79 Å². The van der Waals surface area contributed by atoms with Gasteiger partial charge in [0.15, 0.2) is 0 Å². The molecule has 1 aliphatic rings. The molecule has 0 unspecified atom stereocenters. The van der Waals surface area contributed by atoms with E-state index in [1.165, 1.54) is 5.56 Å². The van der Waals surface area contributed by atoms with Crippen molar-refractivity contribution in [1.29, 1.82) is 0 Å². The predicted molar refractivity (Wildman–Crippen MR) is 114 cm³/mol. The minimum atomic E-state index is 0.0796. The summed E-state index contributed by atoms with van der Waals surface area (Å²) in [4.78, 5) is 25.8. The van der Waals surface area contributed by atoms with E-state index in [0.29, 0.717) is 11.3 Å². The van der Waals surface area contributed by atoms with E-state index in [1.807, 2.05) is 47.5 Å². The second-order valence-electron chi connectivity index (χ2n) is 7.42. The van der Waals surface area contributed by atoms with Gasteiger partial charge in [0.1, 0.15) is 0 Å². The number of hydrogen-bond donors (Lipinski definition) is 1. The molecule has 2 aromatic heterocycles. The number of hydrogen-bond acceptors (Lipinski definition) is 5. The Morgan fingerprint density at radius 1 is 1.03 bits per heavy atom. The third kappa shape index (κ3) is 4.43. The lowest BCUT2D eigenvalue weighted by molar-refractivity contribution is 0.0627. The molecule has 1 fully saturated rings. The summed E-state index contributed by atoms with van der Waals surface area (Å²) in [5, 5.41) is 0. The first-order chi connectivity index (χ1) is 14.1. The second kappa shape index (κ2) is 8.41. The van der Waals surface area contributed by atoms with E-state index < -0.39 is 0 Å². The van der Waals surface area contributed by atoms with Crippen molar-refractivity contribution in [2.24, 2.45) is 0 Å². The SMILES string of the molecule is Cc1cccnc1CN1CCN(C(=O)c2ccc(-c3cncc(N)c3)cc2)CC1. The number of piperazine rings is 1. The van der Waals surface area contributed by atoms with Gasteiger partial charge in [-0.15, -0.1) is 0 Å². The van der Waals surface area contributed by atoms with E-state index in [1.54, 1.807) is 12.4 Å². The molecule has 3 aromatic rings. The Bertz CT molecular complexity index is 994. The first-order valence-electron chi connectivity index (χ1n) is 9.83. The molecule has 1 saturated heterocycles. The number of carbonyl (C=O) groups is 1. The van der Waals surface area contributed by atoms with Crippen LogP contribution in [0.4, 0.5) is 5.69 Å². The van der Waals surface area contributed by atoms with E-state index in [2.05, 4.69) is 27.9 Å². The molecule has 0 saturated carbocycles. The molecule has 0 radical (unpaired) electrons. The van der Waals surface area contributed by atoms with Crippen LogP contribution in [0, 0.1) is 6.92 Å². The average molecular weight is 387 g/mol. The zero-order valence-corrected chi connectivity index (χ0v) is 16.6. The van der Waals surface area contributed by atoms with Gasteiger partial charge in [-0.3, -0.25) is 19.7 Å². The predicted octanol–water partition coefficient (Wildman–Crippen LogP) is 2.99. The van der Waals surface area contributed by atoms with E-state index in [0.717, 1.165) is 49.5 Å². The molecule has 0 spiro atoms. The molecule has 6 nitrogen and oxygen atoms in total. The standard InChI is InChI=1S/C23H25N5O/c1-17-3-2-8-26-22(17)16-27-9-11-28(12-10-27)23(29)19-6-4-18(5-7-19)20-13-21(24)15-25-14-20/h2-8,13-15H,9-12,16,24H2,1H3. The highest BCUT2D eigenvalue weighted by atomic mass is 16.2. The Morgan fingerprint density at radius 3 is 2.48 bits per heavy atom. The molecule has 0 bridgehead atoms. The van der Waals surface area contributed by atoms with Crippen molar-refractivity contribution >= 4 is 11.6 Å². The van der Waals surface area contributed by atoms with Gasteiger partial charge < -0.3 is 10.6 Å². The number of nitrogen functional groups attached to an aromatic ring is 1. The lowest BCUT2D eigenvalue weighted by atomic mass is 10.0. The van der Waals surface area contributed by atoms with Crippen LogP contribution < -0.4 is 5.73 Å². The number of benzene rings is 1. The zero-order chi connectivity index (χ0) is 20.2. The van der Waals surface area contributed by atoms with Crippen molar-refractivity contribution in [2.45, 2.75) is 13.5 Å². The molecule has 0 atom stereocenters. The van der Waals surface area contributed by atoms with Crippen molar-refractivity contribution < 1.29 is 4.79 Å². The number of nitrogens with zero attached hydrogens (tertiary/aromatic N) is 4. The van der Waals surface area contributed by atoms with E-state index in [-0.39, 0.29) is 5.91 Å².